The average Bonchev–Trinajstić information content (AvgIpc) is 2.74. The Morgan fingerprint density at radius 2 is 1.87 bits per heavy atom. The Kier molecular flexibility index (Phi) is 11.7. The molecule has 0 unspecified atom stereocenters. The molecule has 0 atom stereocenters. The van der Waals surface area contributed by atoms with Crippen molar-refractivity contribution in [3.63, 3.8) is 0 Å². The number of para-hydroxylation sites is 1. The van der Waals surface area contributed by atoms with Gasteiger partial charge in [-0.25, -0.2) is 0 Å². The van der Waals surface area contributed by atoms with Crippen LogP contribution in [0.2, 0.25) is 0 Å². The number of ether oxygens (including phenoxy) is 2. The molecule has 2 aromatic carbocycles. The maximum absolute atomic E-state index is 11.7. The molecular formula is C22H31IN4O3. The number of guanidine groups is 1. The molecule has 0 saturated carbocycles. The molecule has 2 N–H and O–H groups in total. The van der Waals surface area contributed by atoms with Gasteiger partial charge in [0.05, 0.1) is 7.11 Å². The van der Waals surface area contributed by atoms with Crippen molar-refractivity contribution in [2.24, 2.45) is 4.99 Å². The summed E-state index contributed by atoms with van der Waals surface area (Å²) in [6, 6.07) is 15.6. The molecule has 0 saturated heterocycles. The standard InChI is InChI=1S/C22H30N4O3.HI/c1-23-22(24-13-12-18-9-5-6-11-20(18)28-4)25-15-17-8-7-10-19(14-17)29-16-21(27)26(2)3;/h5-11,14H,12-13,15-16H2,1-4H3,(H2,23,24,25);1H. The van der Waals surface area contributed by atoms with Gasteiger partial charge < -0.3 is 25.0 Å². The molecule has 2 rings (SSSR count). The normalized spacial score (nSPS) is 10.6. The van der Waals surface area contributed by atoms with Gasteiger partial charge in [0.25, 0.3) is 5.91 Å². The van der Waals surface area contributed by atoms with Gasteiger partial charge in [-0.15, -0.1) is 24.0 Å². The second-order valence-corrected chi connectivity index (χ2v) is 6.64. The maximum atomic E-state index is 11.7. The van der Waals surface area contributed by atoms with E-state index in [1.165, 1.54) is 4.90 Å². The molecule has 0 radical (unpaired) electrons. The maximum Gasteiger partial charge on any atom is 0.259 e. The van der Waals surface area contributed by atoms with E-state index in [0.717, 1.165) is 29.8 Å². The summed E-state index contributed by atoms with van der Waals surface area (Å²) in [7, 11) is 6.84. The van der Waals surface area contributed by atoms with Gasteiger partial charge in [0.15, 0.2) is 12.6 Å². The summed E-state index contributed by atoms with van der Waals surface area (Å²) in [5.74, 6) is 2.20. The molecule has 0 aromatic heterocycles. The number of hydrogen-bond acceptors (Lipinski definition) is 4. The van der Waals surface area contributed by atoms with E-state index in [1.807, 2.05) is 42.5 Å². The van der Waals surface area contributed by atoms with Crippen LogP contribution in [0.3, 0.4) is 0 Å². The Bertz CT molecular complexity index is 828. The van der Waals surface area contributed by atoms with Crippen LogP contribution in [0.25, 0.3) is 0 Å². The Morgan fingerprint density at radius 3 is 2.57 bits per heavy atom. The summed E-state index contributed by atoms with van der Waals surface area (Å²) >= 11 is 0. The number of halogens is 1. The summed E-state index contributed by atoms with van der Waals surface area (Å²) in [5.41, 5.74) is 2.18. The fourth-order valence-electron chi connectivity index (χ4n) is 2.65. The zero-order valence-electron chi connectivity index (χ0n) is 18.0. The van der Waals surface area contributed by atoms with Gasteiger partial charge in [-0.1, -0.05) is 30.3 Å². The predicted octanol–water partition coefficient (Wildman–Crippen LogP) is 2.69. The van der Waals surface area contributed by atoms with Gasteiger partial charge in [-0.3, -0.25) is 9.79 Å². The molecule has 0 aliphatic carbocycles. The lowest BCUT2D eigenvalue weighted by Crippen LogP contribution is -2.37. The predicted molar refractivity (Wildman–Crippen MR) is 131 cm³/mol. The van der Waals surface area contributed by atoms with Crippen LogP contribution in [0.5, 0.6) is 11.5 Å². The molecule has 0 bridgehead atoms. The van der Waals surface area contributed by atoms with E-state index >= 15 is 0 Å². The van der Waals surface area contributed by atoms with E-state index in [1.54, 1.807) is 28.3 Å². The fourth-order valence-corrected chi connectivity index (χ4v) is 2.65. The van der Waals surface area contributed by atoms with Gasteiger partial charge in [-0.2, -0.15) is 0 Å². The minimum absolute atomic E-state index is 0. The first-order valence-corrected chi connectivity index (χ1v) is 9.51. The van der Waals surface area contributed by atoms with E-state index in [0.29, 0.717) is 18.3 Å². The molecule has 7 nitrogen and oxygen atoms in total. The van der Waals surface area contributed by atoms with Crippen molar-refractivity contribution in [1.29, 1.82) is 0 Å². The Morgan fingerprint density at radius 1 is 1.10 bits per heavy atom. The topological polar surface area (TPSA) is 75.2 Å². The van der Waals surface area contributed by atoms with Crippen LogP contribution >= 0.6 is 24.0 Å². The number of aliphatic imine (C=N–C) groups is 1. The molecule has 0 aliphatic heterocycles. The van der Waals surface area contributed by atoms with Crippen LogP contribution in [0.1, 0.15) is 11.1 Å². The number of amides is 1. The number of benzene rings is 2. The summed E-state index contributed by atoms with van der Waals surface area (Å²) in [6.45, 7) is 1.35. The highest BCUT2D eigenvalue weighted by Crippen LogP contribution is 2.17. The highest BCUT2D eigenvalue weighted by Gasteiger charge is 2.06. The van der Waals surface area contributed by atoms with Crippen LogP contribution in [0, 0.1) is 0 Å². The fraction of sp³-hybridized carbons (Fsp3) is 0.364. The van der Waals surface area contributed by atoms with Crippen molar-refractivity contribution in [3.05, 3.63) is 59.7 Å². The summed E-state index contributed by atoms with van der Waals surface area (Å²) in [4.78, 5) is 17.4. The quantitative estimate of drug-likeness (QED) is 0.299. The van der Waals surface area contributed by atoms with E-state index in [4.69, 9.17) is 9.47 Å². The molecule has 0 spiro atoms. The number of likely N-dealkylation sites (N-methyl/N-ethyl adjacent to an activating group) is 1. The zero-order valence-corrected chi connectivity index (χ0v) is 20.3. The molecule has 30 heavy (non-hydrogen) atoms. The number of nitrogens with one attached hydrogen (secondary N) is 2. The van der Waals surface area contributed by atoms with Crippen molar-refractivity contribution >= 4 is 35.8 Å². The number of nitrogens with zero attached hydrogens (tertiary/aromatic N) is 2. The zero-order chi connectivity index (χ0) is 21.1. The van der Waals surface area contributed by atoms with Crippen LogP contribution < -0.4 is 20.1 Å². The third-order valence-electron chi connectivity index (χ3n) is 4.32. The lowest BCUT2D eigenvalue weighted by molar-refractivity contribution is -0.130. The molecule has 0 heterocycles. The number of methoxy groups -OCH3 is 1. The summed E-state index contributed by atoms with van der Waals surface area (Å²) < 4.78 is 10.9. The second-order valence-electron chi connectivity index (χ2n) is 6.64. The third-order valence-corrected chi connectivity index (χ3v) is 4.32. The number of carbonyl (C=O) groups excluding carboxylic acids is 1. The van der Waals surface area contributed by atoms with Gasteiger partial charge in [-0.05, 0) is 35.7 Å². The highest BCUT2D eigenvalue weighted by molar-refractivity contribution is 14.0. The molecule has 0 fully saturated rings. The van der Waals surface area contributed by atoms with Crippen molar-refractivity contribution in [1.82, 2.24) is 15.5 Å². The molecular weight excluding hydrogens is 495 g/mol. The lowest BCUT2D eigenvalue weighted by Gasteiger charge is -2.14. The first-order valence-electron chi connectivity index (χ1n) is 9.51. The molecule has 0 aliphatic rings. The lowest BCUT2D eigenvalue weighted by atomic mass is 10.1. The van der Waals surface area contributed by atoms with E-state index in [-0.39, 0.29) is 36.5 Å². The monoisotopic (exact) mass is 526 g/mol. The van der Waals surface area contributed by atoms with E-state index in [9.17, 15) is 4.79 Å². The van der Waals surface area contributed by atoms with Gasteiger partial charge in [0, 0.05) is 34.2 Å². The first-order chi connectivity index (χ1) is 14.0. The van der Waals surface area contributed by atoms with Crippen LogP contribution in [-0.4, -0.2) is 58.2 Å². The average molecular weight is 526 g/mol. The number of rotatable bonds is 9. The van der Waals surface area contributed by atoms with Crippen LogP contribution in [0.4, 0.5) is 0 Å². The summed E-state index contributed by atoms with van der Waals surface area (Å²) in [5, 5.41) is 6.60. The smallest absolute Gasteiger partial charge is 0.259 e. The van der Waals surface area contributed by atoms with Crippen molar-refractivity contribution < 1.29 is 14.3 Å². The van der Waals surface area contributed by atoms with E-state index < -0.39 is 0 Å². The SMILES string of the molecule is CN=C(NCCc1ccccc1OC)NCc1cccc(OCC(=O)N(C)C)c1.I. The minimum atomic E-state index is -0.0758. The largest absolute Gasteiger partial charge is 0.496 e. The van der Waals surface area contributed by atoms with Gasteiger partial charge in [0.1, 0.15) is 11.5 Å². The second kappa shape index (κ2) is 13.7. The minimum Gasteiger partial charge on any atom is -0.496 e. The van der Waals surface area contributed by atoms with Crippen molar-refractivity contribution in [3.8, 4) is 11.5 Å². The molecule has 1 amide bonds. The summed E-state index contributed by atoms with van der Waals surface area (Å²) in [6.07, 6.45) is 0.827. The first kappa shape index (κ1) is 25.5. The van der Waals surface area contributed by atoms with Crippen LogP contribution in [-0.2, 0) is 17.8 Å². The molecule has 2 aromatic rings. The third kappa shape index (κ3) is 8.48. The number of hydrogen-bond donors (Lipinski definition) is 2. The van der Waals surface area contributed by atoms with E-state index in [2.05, 4.69) is 21.7 Å². The Labute approximate surface area is 195 Å². The Hall–Kier alpha value is -2.49. The number of carbonyl (C=O) groups is 1. The van der Waals surface area contributed by atoms with Gasteiger partial charge in [0.2, 0.25) is 0 Å². The van der Waals surface area contributed by atoms with Crippen molar-refractivity contribution in [2.75, 3.05) is 41.4 Å². The molecule has 164 valence electrons. The van der Waals surface area contributed by atoms with Crippen molar-refractivity contribution in [2.45, 2.75) is 13.0 Å². The van der Waals surface area contributed by atoms with Gasteiger partial charge >= 0.3 is 0 Å². The molecule has 8 heteroatoms. The Balaban J connectivity index is 0.00000450. The highest BCUT2D eigenvalue weighted by atomic mass is 127. The van der Waals surface area contributed by atoms with Crippen LogP contribution in [0.15, 0.2) is 53.5 Å².